The lowest BCUT2D eigenvalue weighted by atomic mass is 9.97. The van der Waals surface area contributed by atoms with E-state index in [0.717, 1.165) is 71.6 Å². The summed E-state index contributed by atoms with van der Waals surface area (Å²) in [4.78, 5) is 20.3. The number of nitrogens with one attached hydrogen (secondary N) is 2. The highest BCUT2D eigenvalue weighted by molar-refractivity contribution is 5.88. The van der Waals surface area contributed by atoms with Crippen molar-refractivity contribution < 1.29 is 5.11 Å². The topological polar surface area (TPSA) is 89.4 Å². The molecule has 4 aromatic rings. The number of aromatic amines is 1. The second-order valence-corrected chi connectivity index (χ2v) is 11.2. The molecule has 3 heterocycles. The largest absolute Gasteiger partial charge is 0.374 e. The lowest BCUT2D eigenvalue weighted by molar-refractivity contribution is 0.138. The molecule has 1 aliphatic rings. The van der Waals surface area contributed by atoms with Crippen LogP contribution in [0.3, 0.4) is 0 Å². The predicted octanol–water partition coefficient (Wildman–Crippen LogP) is 4.12. The van der Waals surface area contributed by atoms with Gasteiger partial charge in [0.1, 0.15) is 6.23 Å². The third-order valence-electron chi connectivity index (χ3n) is 7.76. The number of piperazine rings is 1. The lowest BCUT2D eigenvalue weighted by Crippen LogP contribution is -2.43. The molecule has 8 nitrogen and oxygen atoms in total. The fourth-order valence-corrected chi connectivity index (χ4v) is 5.50. The zero-order chi connectivity index (χ0) is 27.7. The van der Waals surface area contributed by atoms with Crippen LogP contribution >= 0.6 is 0 Å². The first-order valence-corrected chi connectivity index (χ1v) is 13.8. The van der Waals surface area contributed by atoms with Crippen LogP contribution in [0.2, 0.25) is 0 Å². The van der Waals surface area contributed by atoms with Crippen LogP contribution in [0.15, 0.2) is 53.5 Å². The molecule has 0 amide bonds. The van der Waals surface area contributed by atoms with Crippen LogP contribution < -0.4 is 10.9 Å². The number of likely N-dealkylation sites (N-methyl/N-ethyl adjacent to an activating group) is 1. The number of rotatable bonds is 8. The third kappa shape index (κ3) is 5.99. The monoisotopic (exact) mass is 528 g/mol. The molecule has 39 heavy (non-hydrogen) atoms. The number of H-pyrrole nitrogens is 1. The Morgan fingerprint density at radius 1 is 1.05 bits per heavy atom. The number of aliphatic hydroxyl groups excluding tert-OH is 1. The van der Waals surface area contributed by atoms with E-state index in [1.165, 1.54) is 5.56 Å². The number of fused-ring (bicyclic) bond motifs is 1. The minimum atomic E-state index is -0.967. The zero-order valence-electron chi connectivity index (χ0n) is 23.7. The molecule has 1 atom stereocenters. The van der Waals surface area contributed by atoms with Crippen molar-refractivity contribution in [3.63, 3.8) is 0 Å². The highest BCUT2D eigenvalue weighted by atomic mass is 16.3. The van der Waals surface area contributed by atoms with Crippen LogP contribution in [0.25, 0.3) is 22.0 Å². The predicted molar refractivity (Wildman–Crippen MR) is 157 cm³/mol. The van der Waals surface area contributed by atoms with Gasteiger partial charge in [-0.2, -0.15) is 5.10 Å². The van der Waals surface area contributed by atoms with Crippen molar-refractivity contribution in [2.75, 3.05) is 33.2 Å². The van der Waals surface area contributed by atoms with Gasteiger partial charge in [0, 0.05) is 67.5 Å². The van der Waals surface area contributed by atoms with Gasteiger partial charge in [0.05, 0.1) is 11.7 Å². The smallest absolute Gasteiger partial charge is 0.252 e. The first-order chi connectivity index (χ1) is 18.7. The summed E-state index contributed by atoms with van der Waals surface area (Å²) < 4.78 is 2.00. The van der Waals surface area contributed by atoms with Crippen molar-refractivity contribution >= 4 is 10.9 Å². The van der Waals surface area contributed by atoms with Gasteiger partial charge < -0.3 is 15.0 Å². The van der Waals surface area contributed by atoms with Gasteiger partial charge in [0.2, 0.25) is 0 Å². The molecule has 8 heteroatoms. The second-order valence-electron chi connectivity index (χ2n) is 11.2. The lowest BCUT2D eigenvalue weighted by Gasteiger charge is -2.32. The third-order valence-corrected chi connectivity index (χ3v) is 7.76. The van der Waals surface area contributed by atoms with E-state index in [1.807, 2.05) is 36.9 Å². The van der Waals surface area contributed by atoms with Crippen LogP contribution in [0.1, 0.15) is 54.1 Å². The Hall–Kier alpha value is -3.30. The van der Waals surface area contributed by atoms with Crippen LogP contribution in [0.5, 0.6) is 0 Å². The van der Waals surface area contributed by atoms with Crippen molar-refractivity contribution in [2.24, 2.45) is 0 Å². The van der Waals surface area contributed by atoms with Crippen molar-refractivity contribution in [3.8, 4) is 11.1 Å². The quantitative estimate of drug-likeness (QED) is 0.298. The molecule has 0 bridgehead atoms. The van der Waals surface area contributed by atoms with Gasteiger partial charge in [0.25, 0.3) is 5.56 Å². The standard InChI is InChI=1S/C31H40N6O2/c1-20(2)37-29-16-25(24-8-6-7-23(14-24)19-36-11-9-35(5)10-12-36)15-26(28(29)18-33-37)30(38)32-17-27-21(3)13-22(4)34-31(27)39/h6-8,13-16,18,20,30,32,38H,9-12,17,19H2,1-5H3,(H,34,39). The van der Waals surface area contributed by atoms with Crippen molar-refractivity contribution in [1.82, 2.24) is 29.9 Å². The van der Waals surface area contributed by atoms with E-state index in [2.05, 4.69) is 76.4 Å². The van der Waals surface area contributed by atoms with Crippen LogP contribution in [0, 0.1) is 13.8 Å². The van der Waals surface area contributed by atoms with Gasteiger partial charge in [-0.25, -0.2) is 0 Å². The first kappa shape index (κ1) is 27.3. The Balaban J connectivity index is 1.47. The van der Waals surface area contributed by atoms with E-state index in [9.17, 15) is 9.90 Å². The molecule has 1 fully saturated rings. The van der Waals surface area contributed by atoms with E-state index in [1.54, 1.807) is 0 Å². The summed E-state index contributed by atoms with van der Waals surface area (Å²) in [7, 11) is 2.18. The molecular weight excluding hydrogens is 488 g/mol. The van der Waals surface area contributed by atoms with Gasteiger partial charge >= 0.3 is 0 Å². The molecular formula is C31H40N6O2. The maximum Gasteiger partial charge on any atom is 0.252 e. The molecule has 1 unspecified atom stereocenters. The molecule has 206 valence electrons. The number of nitrogens with zero attached hydrogens (tertiary/aromatic N) is 4. The molecule has 0 spiro atoms. The van der Waals surface area contributed by atoms with Crippen molar-refractivity contribution in [2.45, 2.75) is 53.1 Å². The Labute approximate surface area is 230 Å². The maximum absolute atomic E-state index is 12.5. The molecule has 0 aliphatic carbocycles. The fraction of sp³-hybridized carbons (Fsp3) is 0.419. The van der Waals surface area contributed by atoms with E-state index < -0.39 is 6.23 Å². The molecule has 1 saturated heterocycles. The van der Waals surface area contributed by atoms with Crippen LogP contribution in [-0.2, 0) is 13.1 Å². The summed E-state index contributed by atoms with van der Waals surface area (Å²) in [6.45, 7) is 13.5. The molecule has 5 rings (SSSR count). The number of aryl methyl sites for hydroxylation is 2. The minimum Gasteiger partial charge on any atom is -0.374 e. The second kappa shape index (κ2) is 11.4. The summed E-state index contributed by atoms with van der Waals surface area (Å²) in [5, 5.41) is 20.1. The van der Waals surface area contributed by atoms with Gasteiger partial charge in [-0.3, -0.25) is 19.7 Å². The number of hydrogen-bond donors (Lipinski definition) is 3. The van der Waals surface area contributed by atoms with E-state index >= 15 is 0 Å². The van der Waals surface area contributed by atoms with Gasteiger partial charge in [-0.15, -0.1) is 0 Å². The number of benzene rings is 2. The average Bonchev–Trinajstić information content (AvgIpc) is 3.33. The Morgan fingerprint density at radius 3 is 2.54 bits per heavy atom. The summed E-state index contributed by atoms with van der Waals surface area (Å²) in [6, 6.07) is 15.0. The number of aromatic nitrogens is 3. The Morgan fingerprint density at radius 2 is 1.82 bits per heavy atom. The summed E-state index contributed by atoms with van der Waals surface area (Å²) in [6.07, 6.45) is 0.860. The molecule has 1 aliphatic heterocycles. The molecule has 0 saturated carbocycles. The first-order valence-electron chi connectivity index (χ1n) is 13.8. The zero-order valence-corrected chi connectivity index (χ0v) is 23.7. The van der Waals surface area contributed by atoms with Crippen LogP contribution in [0.4, 0.5) is 0 Å². The molecule has 2 aromatic carbocycles. The van der Waals surface area contributed by atoms with Crippen molar-refractivity contribution in [3.05, 3.63) is 87.0 Å². The Kier molecular flexibility index (Phi) is 8.00. The fourth-order valence-electron chi connectivity index (χ4n) is 5.50. The SMILES string of the molecule is Cc1cc(C)c(CNC(O)c2cc(-c3cccc(CN4CCN(C)CC4)c3)cc3c2cnn3C(C)C)c(=O)[nH]1. The normalized spacial score (nSPS) is 15.9. The van der Waals surface area contributed by atoms with E-state index in [4.69, 9.17) is 0 Å². The summed E-state index contributed by atoms with van der Waals surface area (Å²) in [5.74, 6) is 0. The Bertz CT molecular complexity index is 1510. The van der Waals surface area contributed by atoms with Gasteiger partial charge in [-0.1, -0.05) is 18.2 Å². The number of hydrogen-bond acceptors (Lipinski definition) is 6. The van der Waals surface area contributed by atoms with Gasteiger partial charge in [0.15, 0.2) is 0 Å². The molecule has 0 radical (unpaired) electrons. The highest BCUT2D eigenvalue weighted by Crippen LogP contribution is 2.32. The average molecular weight is 529 g/mol. The minimum absolute atomic E-state index is 0.129. The van der Waals surface area contributed by atoms with E-state index in [0.29, 0.717) is 5.56 Å². The summed E-state index contributed by atoms with van der Waals surface area (Å²) in [5.41, 5.74) is 7.38. The highest BCUT2D eigenvalue weighted by Gasteiger charge is 2.19. The van der Waals surface area contributed by atoms with E-state index in [-0.39, 0.29) is 18.1 Å². The number of aliphatic hydroxyl groups is 1. The number of pyridine rings is 1. The van der Waals surface area contributed by atoms with Crippen LogP contribution in [-0.4, -0.2) is 62.9 Å². The molecule has 2 aromatic heterocycles. The maximum atomic E-state index is 12.5. The summed E-state index contributed by atoms with van der Waals surface area (Å²) >= 11 is 0. The molecule has 3 N–H and O–H groups in total. The van der Waals surface area contributed by atoms with Crippen molar-refractivity contribution in [1.29, 1.82) is 0 Å². The van der Waals surface area contributed by atoms with Gasteiger partial charge in [-0.05, 0) is 81.3 Å².